The van der Waals surface area contributed by atoms with Gasteiger partial charge in [-0.2, -0.15) is 0 Å². The number of unbranched alkanes of at least 4 members (excludes halogenated alkanes) is 1. The van der Waals surface area contributed by atoms with Gasteiger partial charge in [-0.3, -0.25) is 14.9 Å². The molecule has 2 N–H and O–H groups in total. The standard InChI is InChI=1S/C19H19BrN4O3S2/c1-2-3-4-12-5-7-13(8-6-12)21-16(25)11-28-19-24-23-18(29-19)22-17(26)14-9-10-15(20)27-14/h5-10H,2-4,11H2,1H3,(H,21,25)(H,22,23,26). The second-order valence-corrected chi connectivity index (χ2v) is 9.05. The van der Waals surface area contributed by atoms with Crippen LogP contribution in [0.3, 0.4) is 0 Å². The predicted molar refractivity (Wildman–Crippen MR) is 119 cm³/mol. The first kappa shape index (κ1) is 21.5. The van der Waals surface area contributed by atoms with Crippen LogP contribution in [0.4, 0.5) is 10.8 Å². The Kier molecular flexibility index (Phi) is 7.84. The van der Waals surface area contributed by atoms with Crippen molar-refractivity contribution in [3.05, 3.63) is 52.4 Å². The summed E-state index contributed by atoms with van der Waals surface area (Å²) in [5.74, 6) is -0.173. The van der Waals surface area contributed by atoms with Crippen molar-refractivity contribution in [2.24, 2.45) is 0 Å². The Hall–Kier alpha value is -2.17. The fourth-order valence-corrected chi connectivity index (χ4v) is 4.23. The molecule has 0 aliphatic rings. The van der Waals surface area contributed by atoms with Gasteiger partial charge in [0.05, 0.1) is 5.75 Å². The summed E-state index contributed by atoms with van der Waals surface area (Å²) in [5, 5.41) is 13.7. The van der Waals surface area contributed by atoms with Crippen molar-refractivity contribution in [1.82, 2.24) is 10.2 Å². The average Bonchev–Trinajstić information content (AvgIpc) is 3.35. The molecule has 0 radical (unpaired) electrons. The number of anilines is 2. The maximum atomic E-state index is 12.2. The number of thioether (sulfide) groups is 1. The van der Waals surface area contributed by atoms with E-state index >= 15 is 0 Å². The van der Waals surface area contributed by atoms with E-state index in [9.17, 15) is 9.59 Å². The van der Waals surface area contributed by atoms with Crippen molar-refractivity contribution >= 4 is 61.7 Å². The minimum Gasteiger partial charge on any atom is -0.444 e. The molecule has 2 aromatic heterocycles. The van der Waals surface area contributed by atoms with E-state index in [4.69, 9.17) is 4.42 Å². The molecular formula is C19H19BrN4O3S2. The van der Waals surface area contributed by atoms with E-state index in [1.54, 1.807) is 12.1 Å². The summed E-state index contributed by atoms with van der Waals surface area (Å²) in [6.45, 7) is 2.17. The number of aromatic nitrogens is 2. The third-order valence-corrected chi connectivity index (χ3v) is 6.21. The highest BCUT2D eigenvalue weighted by Crippen LogP contribution is 2.26. The van der Waals surface area contributed by atoms with Crippen molar-refractivity contribution in [3.8, 4) is 0 Å². The number of hydrogen-bond acceptors (Lipinski definition) is 7. The Bertz CT molecular complexity index is 972. The monoisotopic (exact) mass is 494 g/mol. The van der Waals surface area contributed by atoms with E-state index in [1.807, 2.05) is 24.3 Å². The number of nitrogens with one attached hydrogen (secondary N) is 2. The van der Waals surface area contributed by atoms with E-state index in [0.717, 1.165) is 24.9 Å². The minimum atomic E-state index is -0.413. The average molecular weight is 495 g/mol. The molecule has 0 saturated carbocycles. The van der Waals surface area contributed by atoms with Crippen LogP contribution >= 0.6 is 39.0 Å². The van der Waals surface area contributed by atoms with E-state index in [1.165, 1.54) is 28.7 Å². The van der Waals surface area contributed by atoms with Gasteiger partial charge >= 0.3 is 0 Å². The van der Waals surface area contributed by atoms with Crippen molar-refractivity contribution in [2.75, 3.05) is 16.4 Å². The molecule has 3 rings (SSSR count). The smallest absolute Gasteiger partial charge is 0.293 e. The van der Waals surface area contributed by atoms with Crippen LogP contribution in [0, 0.1) is 0 Å². The summed E-state index contributed by atoms with van der Waals surface area (Å²) in [6, 6.07) is 11.1. The van der Waals surface area contributed by atoms with Crippen LogP contribution in [0.1, 0.15) is 35.9 Å². The molecule has 7 nitrogen and oxygen atoms in total. The lowest BCUT2D eigenvalue weighted by Gasteiger charge is -2.05. The van der Waals surface area contributed by atoms with E-state index in [0.29, 0.717) is 14.1 Å². The molecule has 2 amide bonds. The number of carbonyl (C=O) groups excluding carboxylic acids is 2. The second-order valence-electron chi connectivity index (χ2n) is 6.07. The van der Waals surface area contributed by atoms with Gasteiger partial charge in [0.1, 0.15) is 0 Å². The highest BCUT2D eigenvalue weighted by molar-refractivity contribution is 9.10. The number of carbonyl (C=O) groups is 2. The molecule has 29 heavy (non-hydrogen) atoms. The first-order valence-electron chi connectivity index (χ1n) is 8.95. The molecule has 0 fully saturated rings. The number of furan rings is 1. The fourth-order valence-electron chi connectivity index (χ4n) is 2.37. The highest BCUT2D eigenvalue weighted by Gasteiger charge is 2.14. The first-order chi connectivity index (χ1) is 14.0. The normalized spacial score (nSPS) is 10.7. The maximum absolute atomic E-state index is 12.2. The summed E-state index contributed by atoms with van der Waals surface area (Å²) in [4.78, 5) is 24.2. The van der Waals surface area contributed by atoms with Crippen LogP contribution in [-0.2, 0) is 11.2 Å². The number of halogens is 1. The number of hydrogen-bond donors (Lipinski definition) is 2. The lowest BCUT2D eigenvalue weighted by molar-refractivity contribution is -0.113. The lowest BCUT2D eigenvalue weighted by atomic mass is 10.1. The zero-order chi connectivity index (χ0) is 20.6. The quantitative estimate of drug-likeness (QED) is 0.312. The third kappa shape index (κ3) is 6.69. The SMILES string of the molecule is CCCCc1ccc(NC(=O)CSc2nnc(NC(=O)c3ccc(Br)o3)s2)cc1. The Morgan fingerprint density at radius 1 is 1.14 bits per heavy atom. The minimum absolute atomic E-state index is 0.127. The van der Waals surface area contributed by atoms with Crippen LogP contribution in [0.2, 0.25) is 0 Å². The number of aryl methyl sites for hydroxylation is 1. The molecule has 0 atom stereocenters. The molecule has 1 aromatic carbocycles. The second kappa shape index (κ2) is 10.6. The van der Waals surface area contributed by atoms with Gasteiger partial charge in [-0.25, -0.2) is 0 Å². The van der Waals surface area contributed by atoms with Gasteiger partial charge in [0, 0.05) is 5.69 Å². The predicted octanol–water partition coefficient (Wildman–Crippen LogP) is 5.22. The molecule has 0 aliphatic carbocycles. The number of nitrogens with zero attached hydrogens (tertiary/aromatic N) is 2. The summed E-state index contributed by atoms with van der Waals surface area (Å²) < 4.78 is 6.25. The molecule has 10 heteroatoms. The van der Waals surface area contributed by atoms with Gasteiger partial charge in [0.25, 0.3) is 5.91 Å². The molecule has 0 aliphatic heterocycles. The number of benzene rings is 1. The largest absolute Gasteiger partial charge is 0.444 e. The Labute approximate surface area is 184 Å². The molecule has 0 saturated heterocycles. The zero-order valence-corrected chi connectivity index (χ0v) is 18.8. The molecule has 3 aromatic rings. The summed E-state index contributed by atoms with van der Waals surface area (Å²) in [5.41, 5.74) is 2.04. The third-order valence-electron chi connectivity index (χ3n) is 3.81. The molecular weight excluding hydrogens is 476 g/mol. The van der Waals surface area contributed by atoms with Crippen LogP contribution in [0.25, 0.3) is 0 Å². The van der Waals surface area contributed by atoms with E-state index in [-0.39, 0.29) is 17.4 Å². The Balaban J connectivity index is 1.45. The summed E-state index contributed by atoms with van der Waals surface area (Å²) in [7, 11) is 0. The van der Waals surface area contributed by atoms with Crippen LogP contribution in [-0.4, -0.2) is 27.8 Å². The van der Waals surface area contributed by atoms with Crippen LogP contribution < -0.4 is 10.6 Å². The van der Waals surface area contributed by atoms with Gasteiger partial charge < -0.3 is 9.73 Å². The van der Waals surface area contributed by atoms with Crippen molar-refractivity contribution < 1.29 is 14.0 Å². The molecule has 152 valence electrons. The fraction of sp³-hybridized carbons (Fsp3) is 0.263. The van der Waals surface area contributed by atoms with E-state index in [2.05, 4.69) is 43.7 Å². The molecule has 0 bridgehead atoms. The molecule has 0 unspecified atom stereocenters. The number of rotatable bonds is 9. The first-order valence-corrected chi connectivity index (χ1v) is 11.5. The van der Waals surface area contributed by atoms with Gasteiger partial charge in [0.15, 0.2) is 14.8 Å². The van der Waals surface area contributed by atoms with Gasteiger partial charge in [-0.1, -0.05) is 48.6 Å². The maximum Gasteiger partial charge on any atom is 0.293 e. The van der Waals surface area contributed by atoms with Crippen molar-refractivity contribution in [2.45, 2.75) is 30.5 Å². The summed E-state index contributed by atoms with van der Waals surface area (Å²) >= 11 is 5.60. The van der Waals surface area contributed by atoms with Crippen LogP contribution in [0.15, 0.2) is 49.8 Å². The summed E-state index contributed by atoms with van der Waals surface area (Å²) in [6.07, 6.45) is 3.37. The van der Waals surface area contributed by atoms with Gasteiger partial charge in [0.2, 0.25) is 11.0 Å². The lowest BCUT2D eigenvalue weighted by Crippen LogP contribution is -2.13. The number of amides is 2. The van der Waals surface area contributed by atoms with Crippen molar-refractivity contribution in [1.29, 1.82) is 0 Å². The topological polar surface area (TPSA) is 97.1 Å². The zero-order valence-electron chi connectivity index (χ0n) is 15.6. The molecule has 0 spiro atoms. The van der Waals surface area contributed by atoms with Crippen LogP contribution in [0.5, 0.6) is 0 Å². The van der Waals surface area contributed by atoms with Gasteiger partial charge in [-0.15, -0.1) is 10.2 Å². The molecule has 2 heterocycles. The van der Waals surface area contributed by atoms with Crippen molar-refractivity contribution in [3.63, 3.8) is 0 Å². The highest BCUT2D eigenvalue weighted by atomic mass is 79.9. The van der Waals surface area contributed by atoms with E-state index < -0.39 is 5.91 Å². The van der Waals surface area contributed by atoms with Gasteiger partial charge in [-0.05, 0) is 58.6 Å². The Morgan fingerprint density at radius 3 is 2.62 bits per heavy atom. The Morgan fingerprint density at radius 2 is 1.93 bits per heavy atom.